The van der Waals surface area contributed by atoms with Crippen molar-refractivity contribution in [3.63, 3.8) is 0 Å². The number of nitrogens with one attached hydrogen (secondary N) is 1. The summed E-state index contributed by atoms with van der Waals surface area (Å²) < 4.78 is 0. The first-order chi connectivity index (χ1) is 9.54. The van der Waals surface area contributed by atoms with Crippen LogP contribution in [0.1, 0.15) is 10.4 Å². The second-order valence-electron chi connectivity index (χ2n) is 4.40. The molecule has 0 unspecified atom stereocenters. The van der Waals surface area contributed by atoms with Gasteiger partial charge in [0.25, 0.3) is 5.91 Å². The molecule has 0 saturated carbocycles. The topological polar surface area (TPSA) is 82.5 Å². The first-order valence-corrected chi connectivity index (χ1v) is 6.70. The van der Waals surface area contributed by atoms with Crippen LogP contribution in [0.3, 0.4) is 0 Å². The number of aromatic nitrogens is 1. The smallest absolute Gasteiger partial charge is 0.307 e. The van der Waals surface area contributed by atoms with E-state index in [1.165, 1.54) is 6.08 Å². The molecule has 6 heteroatoms. The number of aromatic amines is 1. The van der Waals surface area contributed by atoms with Gasteiger partial charge >= 0.3 is 4.87 Å². The minimum atomic E-state index is -0.382. The summed E-state index contributed by atoms with van der Waals surface area (Å²) >= 11 is 0.843. The quantitative estimate of drug-likeness (QED) is 0.748. The van der Waals surface area contributed by atoms with Crippen LogP contribution in [0.5, 0.6) is 5.88 Å². The number of rotatable bonds is 1. The van der Waals surface area contributed by atoms with Crippen molar-refractivity contribution < 1.29 is 9.90 Å². The molecule has 0 spiro atoms. The van der Waals surface area contributed by atoms with Crippen LogP contribution in [0, 0.1) is 6.92 Å². The van der Waals surface area contributed by atoms with Crippen molar-refractivity contribution in [3.05, 3.63) is 54.5 Å². The summed E-state index contributed by atoms with van der Waals surface area (Å²) in [5, 5.41) is 11.1. The second kappa shape index (κ2) is 4.57. The third kappa shape index (κ3) is 2.10. The Morgan fingerprint density at radius 1 is 1.35 bits per heavy atom. The fourth-order valence-electron chi connectivity index (χ4n) is 2.02. The number of carbonyl (C=O) groups is 1. The predicted octanol–water partition coefficient (Wildman–Crippen LogP) is 0.474. The van der Waals surface area contributed by atoms with Gasteiger partial charge in [-0.2, -0.15) is 0 Å². The number of benzene rings is 1. The Morgan fingerprint density at radius 3 is 2.85 bits per heavy atom. The minimum absolute atomic E-state index is 0.233. The molecule has 1 aliphatic rings. The molecular formula is C14H10N2O3S. The molecule has 5 nitrogen and oxygen atoms in total. The highest BCUT2D eigenvalue weighted by Crippen LogP contribution is 2.20. The van der Waals surface area contributed by atoms with Crippen LogP contribution in [0.25, 0.3) is 12.2 Å². The fraction of sp³-hybridized carbons (Fsp3) is 0.0714. The summed E-state index contributed by atoms with van der Waals surface area (Å²) in [6.07, 6.45) is 3.18. The largest absolute Gasteiger partial charge is 0.493 e. The average molecular weight is 286 g/mol. The number of amides is 1. The van der Waals surface area contributed by atoms with E-state index in [1.807, 2.05) is 25.1 Å². The number of fused-ring (bicyclic) bond motifs is 1. The van der Waals surface area contributed by atoms with E-state index in [1.54, 1.807) is 6.08 Å². The lowest BCUT2D eigenvalue weighted by Crippen LogP contribution is -2.32. The number of thiazole rings is 1. The van der Waals surface area contributed by atoms with Crippen LogP contribution in [0.4, 0.5) is 0 Å². The van der Waals surface area contributed by atoms with Crippen molar-refractivity contribution in [2.75, 3.05) is 0 Å². The zero-order valence-electron chi connectivity index (χ0n) is 10.5. The first-order valence-electron chi connectivity index (χ1n) is 5.89. The maximum Gasteiger partial charge on any atom is 0.307 e. The molecule has 1 aromatic carbocycles. The summed E-state index contributed by atoms with van der Waals surface area (Å²) in [6.45, 7) is 1.89. The molecular weight excluding hydrogens is 276 g/mol. The summed E-state index contributed by atoms with van der Waals surface area (Å²) in [5.74, 6) is -0.615. The molecule has 3 rings (SSSR count). The van der Waals surface area contributed by atoms with Crippen LogP contribution in [-0.4, -0.2) is 16.0 Å². The monoisotopic (exact) mass is 286 g/mol. The van der Waals surface area contributed by atoms with Crippen molar-refractivity contribution >= 4 is 29.4 Å². The molecule has 0 atom stereocenters. The van der Waals surface area contributed by atoms with Gasteiger partial charge in [-0.3, -0.25) is 14.6 Å². The number of nitrogens with zero attached hydrogens (tertiary/aromatic N) is 1. The molecule has 2 N–H and O–H groups in total. The van der Waals surface area contributed by atoms with Gasteiger partial charge in [-0.25, -0.2) is 4.99 Å². The number of carbonyl (C=O) groups excluding carboxylic acids is 1. The SMILES string of the molecule is Cc1cccc2c1=NC(=O)C(=Cc1sc(=O)[nH]c1O)C=2. The first kappa shape index (κ1) is 12.6. The van der Waals surface area contributed by atoms with E-state index >= 15 is 0 Å². The number of H-pyrrole nitrogens is 1. The lowest BCUT2D eigenvalue weighted by atomic mass is 10.1. The van der Waals surface area contributed by atoms with E-state index in [9.17, 15) is 14.7 Å². The van der Waals surface area contributed by atoms with Crippen LogP contribution < -0.4 is 15.4 Å². The molecule has 100 valence electrons. The second-order valence-corrected chi connectivity index (χ2v) is 5.42. The molecule has 0 radical (unpaired) electrons. The van der Waals surface area contributed by atoms with Crippen molar-refractivity contribution in [3.8, 4) is 5.88 Å². The molecule has 1 aromatic heterocycles. The van der Waals surface area contributed by atoms with Gasteiger partial charge in [-0.1, -0.05) is 29.5 Å². The predicted molar refractivity (Wildman–Crippen MR) is 76.0 cm³/mol. The number of para-hydroxylation sites is 1. The maximum absolute atomic E-state index is 12.0. The van der Waals surface area contributed by atoms with Crippen molar-refractivity contribution in [2.45, 2.75) is 6.92 Å². The van der Waals surface area contributed by atoms with Crippen molar-refractivity contribution in [2.24, 2.45) is 4.99 Å². The summed E-state index contributed by atoms with van der Waals surface area (Å²) in [4.78, 5) is 29.4. The van der Waals surface area contributed by atoms with E-state index in [2.05, 4.69) is 9.98 Å². The average Bonchev–Trinajstić information content (AvgIpc) is 2.70. The Labute approximate surface area is 117 Å². The summed E-state index contributed by atoms with van der Waals surface area (Å²) in [5.41, 5.74) is 1.27. The highest BCUT2D eigenvalue weighted by Gasteiger charge is 2.13. The molecule has 0 bridgehead atoms. The minimum Gasteiger partial charge on any atom is -0.493 e. The molecule has 20 heavy (non-hydrogen) atoms. The van der Waals surface area contributed by atoms with Gasteiger partial charge in [0.2, 0.25) is 5.88 Å². The summed E-state index contributed by atoms with van der Waals surface area (Å²) in [7, 11) is 0. The lowest BCUT2D eigenvalue weighted by molar-refractivity contribution is -0.114. The van der Waals surface area contributed by atoms with E-state index in [0.29, 0.717) is 15.8 Å². The third-order valence-electron chi connectivity index (χ3n) is 2.98. The van der Waals surface area contributed by atoms with Crippen molar-refractivity contribution in [1.82, 2.24) is 4.98 Å². The zero-order valence-corrected chi connectivity index (χ0v) is 11.3. The van der Waals surface area contributed by atoms with Crippen LogP contribution in [0.15, 0.2) is 33.6 Å². The van der Waals surface area contributed by atoms with Gasteiger partial charge in [-0.15, -0.1) is 0 Å². The van der Waals surface area contributed by atoms with E-state index < -0.39 is 0 Å². The molecule has 2 heterocycles. The van der Waals surface area contributed by atoms with Gasteiger partial charge < -0.3 is 5.11 Å². The highest BCUT2D eigenvalue weighted by atomic mass is 32.1. The van der Waals surface area contributed by atoms with Crippen molar-refractivity contribution in [1.29, 1.82) is 0 Å². The van der Waals surface area contributed by atoms with Gasteiger partial charge in [0.1, 0.15) is 0 Å². The maximum atomic E-state index is 12.0. The summed E-state index contributed by atoms with van der Waals surface area (Å²) in [6, 6.07) is 5.65. The van der Waals surface area contributed by atoms with Crippen LogP contribution >= 0.6 is 11.3 Å². The Kier molecular flexibility index (Phi) is 2.87. The molecule has 0 fully saturated rings. The number of aryl methyl sites for hydroxylation is 1. The van der Waals surface area contributed by atoms with E-state index in [-0.39, 0.29) is 16.7 Å². The van der Waals surface area contributed by atoms with Crippen LogP contribution in [0.2, 0.25) is 0 Å². The van der Waals surface area contributed by atoms with E-state index in [0.717, 1.165) is 22.1 Å². The van der Waals surface area contributed by atoms with E-state index in [4.69, 9.17) is 0 Å². The Hall–Kier alpha value is -2.47. The van der Waals surface area contributed by atoms with Crippen LogP contribution in [-0.2, 0) is 4.79 Å². The Balaban J connectivity index is 2.20. The highest BCUT2D eigenvalue weighted by molar-refractivity contribution is 7.10. The fourth-order valence-corrected chi connectivity index (χ4v) is 2.70. The lowest BCUT2D eigenvalue weighted by Gasteiger charge is -2.04. The van der Waals surface area contributed by atoms with Gasteiger partial charge in [0.15, 0.2) is 0 Å². The number of aromatic hydroxyl groups is 1. The number of hydrogen-bond donors (Lipinski definition) is 2. The van der Waals surface area contributed by atoms with Gasteiger partial charge in [-0.05, 0) is 24.6 Å². The molecule has 1 amide bonds. The Morgan fingerprint density at radius 2 is 2.15 bits per heavy atom. The van der Waals surface area contributed by atoms with Gasteiger partial charge in [0.05, 0.1) is 10.2 Å². The van der Waals surface area contributed by atoms with Gasteiger partial charge in [0, 0.05) is 10.8 Å². The standard InChI is InChI=1S/C14H10N2O3S/c1-7-3-2-4-8-5-9(12(17)15-11(7)8)6-10-13(18)16-14(19)20-10/h2-6,18H,1H3,(H,16,19). The molecule has 0 aliphatic carbocycles. The zero-order chi connectivity index (χ0) is 14.3. The molecule has 0 saturated heterocycles. The normalized spacial score (nSPS) is 15.7. The molecule has 2 aromatic rings. The Bertz CT molecular complexity index is 919. The molecule has 1 aliphatic heterocycles. The third-order valence-corrected chi connectivity index (χ3v) is 3.80. The number of hydrogen-bond acceptors (Lipinski definition) is 4.